The van der Waals surface area contributed by atoms with Gasteiger partial charge in [0.15, 0.2) is 0 Å². The second kappa shape index (κ2) is 15.8. The van der Waals surface area contributed by atoms with Crippen LogP contribution in [-0.2, 0) is 14.0 Å². The number of hydrogen-bond donors (Lipinski definition) is 0. The molecule has 3 atom stereocenters. The largest absolute Gasteiger partial charge is 0.462 e. The third kappa shape index (κ3) is 8.54. The van der Waals surface area contributed by atoms with Crippen molar-refractivity contribution in [3.05, 3.63) is 60.7 Å². The van der Waals surface area contributed by atoms with Gasteiger partial charge in [-0.2, -0.15) is 0 Å². The first-order chi connectivity index (χ1) is 18.8. The number of carbonyl (C=O) groups is 1. The molecule has 2 aromatic rings. The van der Waals surface area contributed by atoms with Gasteiger partial charge in [0.2, 0.25) is 0 Å². The quantitative estimate of drug-likeness (QED) is 0.113. The van der Waals surface area contributed by atoms with Crippen molar-refractivity contribution in [2.45, 2.75) is 123 Å². The Balaban J connectivity index is 1.60. The molecule has 1 fully saturated rings. The summed E-state index contributed by atoms with van der Waals surface area (Å²) < 4.78 is 13.1. The molecule has 2 aromatic carbocycles. The Morgan fingerprint density at radius 1 is 0.744 bits per heavy atom. The minimum absolute atomic E-state index is 0.0377. The normalized spacial score (nSPS) is 19.8. The highest BCUT2D eigenvalue weighted by Crippen LogP contribution is 2.39. The maximum Gasteiger partial charge on any atom is 0.309 e. The summed E-state index contributed by atoms with van der Waals surface area (Å²) in [6, 6.07) is 21.5. The van der Waals surface area contributed by atoms with Crippen LogP contribution < -0.4 is 10.4 Å². The summed E-state index contributed by atoms with van der Waals surface area (Å²) in [7, 11) is -2.63. The van der Waals surface area contributed by atoms with E-state index in [0.717, 1.165) is 12.8 Å². The van der Waals surface area contributed by atoms with Gasteiger partial charge < -0.3 is 9.16 Å². The molecular weight excluding hydrogens is 496 g/mol. The predicted molar refractivity (Wildman–Crippen MR) is 167 cm³/mol. The van der Waals surface area contributed by atoms with Crippen LogP contribution in [0, 0.1) is 11.8 Å². The topological polar surface area (TPSA) is 35.5 Å². The van der Waals surface area contributed by atoms with Gasteiger partial charge in [0, 0.05) is 12.5 Å². The maximum atomic E-state index is 12.7. The first-order valence-corrected chi connectivity index (χ1v) is 17.7. The number of esters is 1. The summed E-state index contributed by atoms with van der Waals surface area (Å²) >= 11 is 0. The van der Waals surface area contributed by atoms with Crippen LogP contribution in [0.5, 0.6) is 0 Å². The maximum absolute atomic E-state index is 12.7. The fraction of sp³-hybridized carbons (Fsp3) is 0.629. The summed E-state index contributed by atoms with van der Waals surface area (Å²) in [5.41, 5.74) is 0. The smallest absolute Gasteiger partial charge is 0.309 e. The van der Waals surface area contributed by atoms with Crippen molar-refractivity contribution in [3.8, 4) is 0 Å². The van der Waals surface area contributed by atoms with Crippen molar-refractivity contribution < 1.29 is 14.0 Å². The fourth-order valence-corrected chi connectivity index (χ4v) is 11.0. The lowest BCUT2D eigenvalue weighted by Gasteiger charge is -2.44. The first kappa shape index (κ1) is 31.6. The van der Waals surface area contributed by atoms with Gasteiger partial charge in [-0.1, -0.05) is 159 Å². The van der Waals surface area contributed by atoms with E-state index in [1.807, 2.05) is 6.92 Å². The highest BCUT2D eigenvalue weighted by Gasteiger charge is 2.52. The van der Waals surface area contributed by atoms with Gasteiger partial charge in [-0.15, -0.1) is 0 Å². The minimum atomic E-state index is -2.63. The SMILES string of the molecule is CCCCCCCCCCCCC[C@H]1OC(=O)[C@H](C)[C@H]1CO[Si](c1ccccc1)(c1ccccc1)C(C)(C)C. The van der Waals surface area contributed by atoms with Crippen molar-refractivity contribution in [1.82, 2.24) is 0 Å². The van der Waals surface area contributed by atoms with Gasteiger partial charge in [0.05, 0.1) is 5.92 Å². The van der Waals surface area contributed by atoms with Gasteiger partial charge in [0.1, 0.15) is 6.10 Å². The lowest BCUT2D eigenvalue weighted by Crippen LogP contribution is -2.67. The van der Waals surface area contributed by atoms with Crippen molar-refractivity contribution >= 4 is 24.7 Å². The number of hydrogen-bond acceptors (Lipinski definition) is 3. The van der Waals surface area contributed by atoms with Gasteiger partial charge >= 0.3 is 5.97 Å². The van der Waals surface area contributed by atoms with E-state index >= 15 is 0 Å². The third-order valence-corrected chi connectivity index (χ3v) is 13.8. The monoisotopic (exact) mass is 550 g/mol. The lowest BCUT2D eigenvalue weighted by atomic mass is 9.90. The Morgan fingerprint density at radius 2 is 1.21 bits per heavy atom. The first-order valence-electron chi connectivity index (χ1n) is 15.8. The van der Waals surface area contributed by atoms with Crippen molar-refractivity contribution in [3.63, 3.8) is 0 Å². The van der Waals surface area contributed by atoms with E-state index in [-0.39, 0.29) is 28.9 Å². The molecule has 3 nitrogen and oxygen atoms in total. The average molecular weight is 551 g/mol. The van der Waals surface area contributed by atoms with E-state index in [9.17, 15) is 4.79 Å². The van der Waals surface area contributed by atoms with E-state index in [2.05, 4.69) is 88.4 Å². The van der Waals surface area contributed by atoms with E-state index in [4.69, 9.17) is 9.16 Å². The second-order valence-corrected chi connectivity index (χ2v) is 17.0. The van der Waals surface area contributed by atoms with Crippen LogP contribution in [0.1, 0.15) is 112 Å². The van der Waals surface area contributed by atoms with E-state index in [1.165, 1.54) is 74.6 Å². The van der Waals surface area contributed by atoms with Crippen LogP contribution in [0.3, 0.4) is 0 Å². The molecule has 1 saturated heterocycles. The summed E-state index contributed by atoms with van der Waals surface area (Å²) in [5, 5.41) is 2.49. The van der Waals surface area contributed by atoms with Crippen LogP contribution in [0.15, 0.2) is 60.7 Å². The molecule has 216 valence electrons. The summed E-state index contributed by atoms with van der Waals surface area (Å²) in [5.74, 6) is -0.0812. The molecule has 39 heavy (non-hydrogen) atoms. The van der Waals surface area contributed by atoms with Crippen LogP contribution >= 0.6 is 0 Å². The van der Waals surface area contributed by atoms with Crippen LogP contribution in [0.2, 0.25) is 5.04 Å². The number of benzene rings is 2. The second-order valence-electron chi connectivity index (χ2n) is 12.7. The van der Waals surface area contributed by atoms with Crippen LogP contribution in [0.25, 0.3) is 0 Å². The highest BCUT2D eigenvalue weighted by atomic mass is 28.4. The van der Waals surface area contributed by atoms with E-state index < -0.39 is 8.32 Å². The molecule has 1 aliphatic heterocycles. The Hall–Kier alpha value is -1.91. The predicted octanol–water partition coefficient (Wildman–Crippen LogP) is 8.44. The summed E-state index contributed by atoms with van der Waals surface area (Å²) in [4.78, 5) is 12.7. The van der Waals surface area contributed by atoms with Crippen LogP contribution in [-0.4, -0.2) is 27.0 Å². The molecule has 1 heterocycles. The zero-order valence-corrected chi connectivity index (χ0v) is 26.4. The number of ether oxygens (including phenoxy) is 1. The van der Waals surface area contributed by atoms with E-state index in [1.54, 1.807) is 0 Å². The van der Waals surface area contributed by atoms with Gasteiger partial charge in [-0.05, 0) is 28.3 Å². The molecule has 0 radical (unpaired) electrons. The van der Waals surface area contributed by atoms with Crippen molar-refractivity contribution in [2.75, 3.05) is 6.61 Å². The Morgan fingerprint density at radius 3 is 1.67 bits per heavy atom. The van der Waals surface area contributed by atoms with Gasteiger partial charge in [-0.3, -0.25) is 4.79 Å². The van der Waals surface area contributed by atoms with Gasteiger partial charge in [0.25, 0.3) is 8.32 Å². The zero-order valence-electron chi connectivity index (χ0n) is 25.4. The van der Waals surface area contributed by atoms with Crippen molar-refractivity contribution in [2.24, 2.45) is 11.8 Å². The van der Waals surface area contributed by atoms with Crippen LogP contribution in [0.4, 0.5) is 0 Å². The highest BCUT2D eigenvalue weighted by molar-refractivity contribution is 6.99. The summed E-state index contributed by atoms with van der Waals surface area (Å²) in [6.45, 7) is 11.8. The molecule has 0 saturated carbocycles. The zero-order chi connectivity index (χ0) is 28.1. The molecule has 0 amide bonds. The molecule has 0 aliphatic carbocycles. The molecule has 1 aliphatic rings. The number of unbranched alkanes of at least 4 members (excludes halogenated alkanes) is 10. The Bertz CT molecular complexity index is 913. The lowest BCUT2D eigenvalue weighted by molar-refractivity contribution is -0.144. The number of carbonyl (C=O) groups excluding carboxylic acids is 1. The standard InChI is InChI=1S/C35H54O3Si/c1-6-7-8-9-10-11-12-13-14-15-22-27-33-32(29(2)34(36)38-33)28-37-39(35(3,4)5,30-23-18-16-19-24-30)31-25-20-17-21-26-31/h16-21,23-26,29,32-33H,6-15,22,27-28H2,1-5H3/t29-,32-,33-/m1/s1. The number of cyclic esters (lactones) is 1. The minimum Gasteiger partial charge on any atom is -0.462 e. The molecule has 0 unspecified atom stereocenters. The molecule has 0 spiro atoms. The number of rotatable bonds is 17. The molecule has 4 heteroatoms. The molecule has 0 bridgehead atoms. The molecule has 0 aromatic heterocycles. The Kier molecular flexibility index (Phi) is 12.8. The summed E-state index contributed by atoms with van der Waals surface area (Å²) in [6.07, 6.45) is 15.5. The average Bonchev–Trinajstić information content (AvgIpc) is 3.20. The Labute approximate surface area is 240 Å². The molecular formula is C35H54O3Si. The van der Waals surface area contributed by atoms with Gasteiger partial charge in [-0.25, -0.2) is 0 Å². The molecule has 0 N–H and O–H groups in total. The fourth-order valence-electron chi connectivity index (χ4n) is 6.36. The third-order valence-electron chi connectivity index (χ3n) is 8.76. The van der Waals surface area contributed by atoms with Crippen molar-refractivity contribution in [1.29, 1.82) is 0 Å². The van der Waals surface area contributed by atoms with E-state index in [0.29, 0.717) is 6.61 Å². The molecule has 3 rings (SSSR count).